The molecule has 0 spiro atoms. The van der Waals surface area contributed by atoms with Crippen molar-refractivity contribution in [3.05, 3.63) is 54.6 Å². The van der Waals surface area contributed by atoms with Gasteiger partial charge in [-0.1, -0.05) is 12.1 Å². The molecule has 0 saturated heterocycles. The molecule has 0 aliphatic rings. The Kier molecular flexibility index (Phi) is 4.14. The van der Waals surface area contributed by atoms with E-state index in [0.717, 1.165) is 11.3 Å². The zero-order chi connectivity index (χ0) is 16.2. The van der Waals surface area contributed by atoms with Crippen molar-refractivity contribution in [2.45, 2.75) is 6.54 Å². The van der Waals surface area contributed by atoms with E-state index in [4.69, 9.17) is 14.9 Å². The summed E-state index contributed by atoms with van der Waals surface area (Å²) in [4.78, 5) is 10.5. The van der Waals surface area contributed by atoms with Crippen molar-refractivity contribution in [2.24, 2.45) is 0 Å². The highest BCUT2D eigenvalue weighted by Gasteiger charge is 2.15. The van der Waals surface area contributed by atoms with Crippen LogP contribution in [0.4, 0.5) is 11.5 Å². The molecule has 23 heavy (non-hydrogen) atoms. The molecule has 0 bridgehead atoms. The first-order valence-electron chi connectivity index (χ1n) is 7.17. The summed E-state index contributed by atoms with van der Waals surface area (Å²) in [6, 6.07) is 11.5. The predicted molar refractivity (Wildman–Crippen MR) is 89.2 cm³/mol. The maximum Gasteiger partial charge on any atom is 0.156 e. The number of ether oxygens (including phenoxy) is 1. The van der Waals surface area contributed by atoms with Gasteiger partial charge in [-0.25, -0.2) is 9.97 Å². The molecule has 0 unspecified atom stereocenters. The van der Waals surface area contributed by atoms with E-state index in [9.17, 15) is 0 Å². The van der Waals surface area contributed by atoms with Crippen LogP contribution < -0.4 is 15.4 Å². The van der Waals surface area contributed by atoms with E-state index < -0.39 is 0 Å². The molecule has 0 aliphatic carbocycles. The molecule has 3 aromatic rings. The van der Waals surface area contributed by atoms with Crippen LogP contribution in [0.5, 0.6) is 5.75 Å². The van der Waals surface area contributed by atoms with Gasteiger partial charge in [-0.05, 0) is 29.8 Å². The molecule has 0 amide bonds. The van der Waals surface area contributed by atoms with Gasteiger partial charge < -0.3 is 19.8 Å². The molecule has 0 fully saturated rings. The lowest BCUT2D eigenvalue weighted by atomic mass is 10.2. The number of nitrogen functional groups attached to an aromatic ring is 1. The van der Waals surface area contributed by atoms with Crippen LogP contribution in [0, 0.1) is 0 Å². The van der Waals surface area contributed by atoms with Crippen molar-refractivity contribution in [1.29, 1.82) is 0 Å². The molecule has 6 heteroatoms. The monoisotopic (exact) mass is 310 g/mol. The third-order valence-electron chi connectivity index (χ3n) is 3.56. The Morgan fingerprint density at radius 1 is 1.17 bits per heavy atom. The Morgan fingerprint density at radius 3 is 2.61 bits per heavy atom. The van der Waals surface area contributed by atoms with Crippen molar-refractivity contribution in [3.8, 4) is 17.2 Å². The van der Waals surface area contributed by atoms with Crippen LogP contribution in [-0.2, 0) is 6.54 Å². The minimum Gasteiger partial charge on any atom is -0.497 e. The number of furan rings is 1. The van der Waals surface area contributed by atoms with E-state index in [-0.39, 0.29) is 0 Å². The molecular formula is C17H18N4O2. The molecule has 1 aromatic carbocycles. The smallest absolute Gasteiger partial charge is 0.156 e. The van der Waals surface area contributed by atoms with E-state index in [2.05, 4.69) is 9.97 Å². The lowest BCUT2D eigenvalue weighted by Gasteiger charge is -2.20. The van der Waals surface area contributed by atoms with Crippen molar-refractivity contribution < 1.29 is 9.15 Å². The number of anilines is 2. The second-order valence-corrected chi connectivity index (χ2v) is 5.14. The van der Waals surface area contributed by atoms with Crippen LogP contribution in [0.25, 0.3) is 11.5 Å². The second kappa shape index (κ2) is 6.39. The number of nitrogens with zero attached hydrogens (tertiary/aromatic N) is 3. The Labute approximate surface area is 134 Å². The number of aromatic nitrogens is 2. The van der Waals surface area contributed by atoms with E-state index in [1.807, 2.05) is 42.3 Å². The lowest BCUT2D eigenvalue weighted by molar-refractivity contribution is 0.414. The van der Waals surface area contributed by atoms with Gasteiger partial charge >= 0.3 is 0 Å². The molecule has 0 aliphatic heterocycles. The van der Waals surface area contributed by atoms with E-state index in [0.29, 0.717) is 29.5 Å². The summed E-state index contributed by atoms with van der Waals surface area (Å²) in [6.07, 6.45) is 3.09. The predicted octanol–water partition coefficient (Wildman–Crippen LogP) is 2.96. The molecule has 118 valence electrons. The van der Waals surface area contributed by atoms with E-state index >= 15 is 0 Å². The van der Waals surface area contributed by atoms with Crippen molar-refractivity contribution in [2.75, 3.05) is 24.8 Å². The fourth-order valence-corrected chi connectivity index (χ4v) is 2.38. The van der Waals surface area contributed by atoms with Crippen LogP contribution >= 0.6 is 0 Å². The molecule has 0 saturated carbocycles. The summed E-state index contributed by atoms with van der Waals surface area (Å²) < 4.78 is 10.5. The first-order valence-corrected chi connectivity index (χ1v) is 7.17. The van der Waals surface area contributed by atoms with Crippen LogP contribution in [0.3, 0.4) is 0 Å². The zero-order valence-corrected chi connectivity index (χ0v) is 13.1. The molecule has 0 radical (unpaired) electrons. The number of hydrogen-bond donors (Lipinski definition) is 1. The Hall–Kier alpha value is -3.02. The van der Waals surface area contributed by atoms with Crippen LogP contribution in [0.1, 0.15) is 5.56 Å². The summed E-state index contributed by atoms with van der Waals surface area (Å²) in [5.74, 6) is 2.13. The van der Waals surface area contributed by atoms with Gasteiger partial charge in [-0.15, -0.1) is 0 Å². The molecule has 3 rings (SSSR count). The first-order chi connectivity index (χ1) is 11.2. The van der Waals surface area contributed by atoms with Gasteiger partial charge in [-0.2, -0.15) is 0 Å². The SMILES string of the molecule is COc1ccc(CN(C)c2ncnc(-c3ccco3)c2N)cc1. The zero-order valence-electron chi connectivity index (χ0n) is 13.1. The number of hydrogen-bond acceptors (Lipinski definition) is 6. The normalized spacial score (nSPS) is 10.5. The van der Waals surface area contributed by atoms with Crippen LogP contribution in [0.2, 0.25) is 0 Å². The number of benzene rings is 1. The third-order valence-corrected chi connectivity index (χ3v) is 3.56. The maximum atomic E-state index is 6.23. The summed E-state index contributed by atoms with van der Waals surface area (Å²) in [5, 5.41) is 0. The summed E-state index contributed by atoms with van der Waals surface area (Å²) >= 11 is 0. The molecule has 2 heterocycles. The third kappa shape index (κ3) is 3.11. The van der Waals surface area contributed by atoms with Crippen LogP contribution in [0.15, 0.2) is 53.4 Å². The minimum atomic E-state index is 0.499. The summed E-state index contributed by atoms with van der Waals surface area (Å²) in [7, 11) is 3.59. The molecule has 0 atom stereocenters. The first kappa shape index (κ1) is 14.9. The summed E-state index contributed by atoms with van der Waals surface area (Å²) in [6.45, 7) is 0.669. The van der Waals surface area contributed by atoms with E-state index in [1.165, 1.54) is 6.33 Å². The highest BCUT2D eigenvalue weighted by atomic mass is 16.5. The Balaban J connectivity index is 1.84. The number of rotatable bonds is 5. The van der Waals surface area contributed by atoms with Crippen LogP contribution in [-0.4, -0.2) is 24.1 Å². The Bertz CT molecular complexity index is 770. The number of nitrogens with two attached hydrogens (primary N) is 1. The molecular weight excluding hydrogens is 292 g/mol. The maximum absolute atomic E-state index is 6.23. The summed E-state index contributed by atoms with van der Waals surface area (Å²) in [5.41, 5.74) is 8.46. The highest BCUT2D eigenvalue weighted by molar-refractivity contribution is 5.78. The van der Waals surface area contributed by atoms with Gasteiger partial charge in [0.25, 0.3) is 0 Å². The van der Waals surface area contributed by atoms with Crippen molar-refractivity contribution in [1.82, 2.24) is 9.97 Å². The van der Waals surface area contributed by atoms with Crippen molar-refractivity contribution in [3.63, 3.8) is 0 Å². The minimum absolute atomic E-state index is 0.499. The molecule has 2 N–H and O–H groups in total. The highest BCUT2D eigenvalue weighted by Crippen LogP contribution is 2.30. The standard InChI is InChI=1S/C17H18N4O2/c1-21(10-12-5-7-13(22-2)8-6-12)17-15(18)16(19-11-20-17)14-4-3-9-23-14/h3-9,11H,10,18H2,1-2H3. The average Bonchev–Trinajstić information content (AvgIpc) is 3.10. The fraction of sp³-hybridized carbons (Fsp3) is 0.176. The lowest BCUT2D eigenvalue weighted by Crippen LogP contribution is -2.19. The largest absolute Gasteiger partial charge is 0.497 e. The quantitative estimate of drug-likeness (QED) is 0.780. The topological polar surface area (TPSA) is 77.4 Å². The molecule has 2 aromatic heterocycles. The van der Waals surface area contributed by atoms with Gasteiger partial charge in [0.2, 0.25) is 0 Å². The van der Waals surface area contributed by atoms with Gasteiger partial charge in [0.05, 0.1) is 13.4 Å². The number of methoxy groups -OCH3 is 1. The average molecular weight is 310 g/mol. The second-order valence-electron chi connectivity index (χ2n) is 5.14. The Morgan fingerprint density at radius 2 is 1.96 bits per heavy atom. The van der Waals surface area contributed by atoms with Crippen molar-refractivity contribution >= 4 is 11.5 Å². The van der Waals surface area contributed by atoms with Gasteiger partial charge in [0.15, 0.2) is 11.6 Å². The van der Waals surface area contributed by atoms with Gasteiger partial charge in [-0.3, -0.25) is 0 Å². The van der Waals surface area contributed by atoms with E-state index in [1.54, 1.807) is 19.4 Å². The molecule has 6 nitrogen and oxygen atoms in total. The van der Waals surface area contributed by atoms with Gasteiger partial charge in [0.1, 0.15) is 23.5 Å². The fourth-order valence-electron chi connectivity index (χ4n) is 2.38. The van der Waals surface area contributed by atoms with Gasteiger partial charge in [0, 0.05) is 13.6 Å².